The van der Waals surface area contributed by atoms with Crippen molar-refractivity contribution in [2.45, 2.75) is 52.7 Å². The van der Waals surface area contributed by atoms with Crippen LogP contribution in [0.2, 0.25) is 0 Å². The van der Waals surface area contributed by atoms with E-state index in [-0.39, 0.29) is 18.0 Å². The van der Waals surface area contributed by atoms with Gasteiger partial charge in [-0.2, -0.15) is 0 Å². The van der Waals surface area contributed by atoms with E-state index in [1.54, 1.807) is 18.0 Å². The Balaban J connectivity index is 2.78. The molecular formula is C17H30N4O3. The number of hydrogen-bond donors (Lipinski definition) is 1. The van der Waals surface area contributed by atoms with Crippen molar-refractivity contribution < 1.29 is 9.53 Å². The summed E-state index contributed by atoms with van der Waals surface area (Å²) in [6, 6.07) is 0.221. The van der Waals surface area contributed by atoms with Crippen molar-refractivity contribution in [1.82, 2.24) is 15.1 Å². The maximum absolute atomic E-state index is 12.3. The highest BCUT2D eigenvalue weighted by atomic mass is 16.6. The Morgan fingerprint density at radius 2 is 2.00 bits per heavy atom. The molecule has 136 valence electrons. The number of hydrogen-bond acceptors (Lipinski definition) is 6. The van der Waals surface area contributed by atoms with Crippen molar-refractivity contribution >= 4 is 6.09 Å². The van der Waals surface area contributed by atoms with Crippen molar-refractivity contribution in [2.24, 2.45) is 5.18 Å². The highest BCUT2D eigenvalue weighted by molar-refractivity contribution is 5.68. The van der Waals surface area contributed by atoms with Crippen molar-refractivity contribution in [3.05, 3.63) is 28.6 Å². The summed E-state index contributed by atoms with van der Waals surface area (Å²) < 4.78 is 5.46. The van der Waals surface area contributed by atoms with Crippen LogP contribution in [0.25, 0.3) is 0 Å². The lowest BCUT2D eigenvalue weighted by atomic mass is 10.1. The van der Waals surface area contributed by atoms with Gasteiger partial charge in [-0.1, -0.05) is 6.92 Å². The predicted molar refractivity (Wildman–Crippen MR) is 95.3 cm³/mol. The zero-order chi connectivity index (χ0) is 18.3. The lowest BCUT2D eigenvalue weighted by Gasteiger charge is -2.43. The van der Waals surface area contributed by atoms with Gasteiger partial charge in [0.25, 0.3) is 0 Å². The molecule has 7 heteroatoms. The Labute approximate surface area is 144 Å². The van der Waals surface area contributed by atoms with Gasteiger partial charge in [-0.05, 0) is 51.4 Å². The van der Waals surface area contributed by atoms with Gasteiger partial charge in [-0.15, -0.1) is 4.91 Å². The molecule has 1 aliphatic heterocycles. The molecular weight excluding hydrogens is 308 g/mol. The SMILES string of the molecule is CC[C@H]1CN(C(=O)OC(C)(C)C)CCN1/C(C)=C/C=C(/N=O)NC. The van der Waals surface area contributed by atoms with Crippen molar-refractivity contribution in [2.75, 3.05) is 26.7 Å². The van der Waals surface area contributed by atoms with E-state index in [1.807, 2.05) is 33.8 Å². The smallest absolute Gasteiger partial charge is 0.410 e. The summed E-state index contributed by atoms with van der Waals surface area (Å²) >= 11 is 0. The highest BCUT2D eigenvalue weighted by Crippen LogP contribution is 2.20. The van der Waals surface area contributed by atoms with Crippen LogP contribution in [0, 0.1) is 4.91 Å². The Hall–Kier alpha value is -2.05. The second-order valence-corrected chi connectivity index (χ2v) is 6.88. The molecule has 0 bridgehead atoms. The van der Waals surface area contributed by atoms with E-state index in [1.165, 1.54) is 0 Å². The average Bonchev–Trinajstić information content (AvgIpc) is 2.53. The zero-order valence-electron chi connectivity index (χ0n) is 15.6. The highest BCUT2D eigenvalue weighted by Gasteiger charge is 2.31. The van der Waals surface area contributed by atoms with Gasteiger partial charge in [0.1, 0.15) is 5.60 Å². The minimum atomic E-state index is -0.484. The number of amides is 1. The van der Waals surface area contributed by atoms with Crippen LogP contribution in [0.4, 0.5) is 4.79 Å². The summed E-state index contributed by atoms with van der Waals surface area (Å²) in [6.07, 6.45) is 4.19. The third-order valence-electron chi connectivity index (χ3n) is 3.90. The molecule has 0 saturated carbocycles. The van der Waals surface area contributed by atoms with Crippen LogP contribution in [0.3, 0.4) is 0 Å². The number of piperazine rings is 1. The van der Waals surface area contributed by atoms with Crippen LogP contribution in [-0.2, 0) is 4.74 Å². The van der Waals surface area contributed by atoms with Crippen LogP contribution < -0.4 is 5.32 Å². The number of carbonyl (C=O) groups excluding carboxylic acids is 1. The molecule has 1 rings (SSSR count). The summed E-state index contributed by atoms with van der Waals surface area (Å²) in [4.78, 5) is 26.9. The third-order valence-corrected chi connectivity index (χ3v) is 3.90. The normalized spacial score (nSPS) is 20.0. The van der Waals surface area contributed by atoms with E-state index >= 15 is 0 Å². The number of allylic oxidation sites excluding steroid dienone is 3. The fourth-order valence-electron chi connectivity index (χ4n) is 2.62. The fourth-order valence-corrected chi connectivity index (χ4v) is 2.62. The molecule has 1 fully saturated rings. The number of nitrogens with one attached hydrogen (secondary N) is 1. The predicted octanol–water partition coefficient (Wildman–Crippen LogP) is 3.05. The van der Waals surface area contributed by atoms with E-state index in [0.29, 0.717) is 13.1 Å². The second-order valence-electron chi connectivity index (χ2n) is 6.88. The van der Waals surface area contributed by atoms with Gasteiger partial charge in [-0.25, -0.2) is 4.79 Å². The van der Waals surface area contributed by atoms with Crippen LogP contribution >= 0.6 is 0 Å². The molecule has 24 heavy (non-hydrogen) atoms. The van der Waals surface area contributed by atoms with Crippen molar-refractivity contribution in [1.29, 1.82) is 0 Å². The molecule has 7 nitrogen and oxygen atoms in total. The lowest BCUT2D eigenvalue weighted by molar-refractivity contribution is 0.00825. The Morgan fingerprint density at radius 3 is 2.50 bits per heavy atom. The minimum absolute atomic E-state index is 0.221. The summed E-state index contributed by atoms with van der Waals surface area (Å²) in [7, 11) is 1.66. The molecule has 0 aliphatic carbocycles. The first kappa shape index (κ1) is 20.0. The number of nitroso groups, excluding NO2 is 1. The largest absolute Gasteiger partial charge is 0.444 e. The fraction of sp³-hybridized carbons (Fsp3) is 0.706. The standard InChI is InChI=1S/C17H30N4O3/c1-7-14-12-20(16(22)24-17(3,4)5)10-11-21(14)13(2)8-9-15(18-6)19-23/h8-9,14,18H,7,10-12H2,1-6H3/b13-8+,15-9+/t14-/m0/s1. The van der Waals surface area contributed by atoms with Crippen LogP contribution in [0.5, 0.6) is 0 Å². The maximum Gasteiger partial charge on any atom is 0.410 e. The number of ether oxygens (including phenoxy) is 1. The summed E-state index contributed by atoms with van der Waals surface area (Å²) in [6.45, 7) is 11.7. The molecule has 1 atom stereocenters. The molecule has 0 spiro atoms. The Kier molecular flexibility index (Phi) is 7.25. The molecule has 1 saturated heterocycles. The van der Waals surface area contributed by atoms with E-state index in [4.69, 9.17) is 4.74 Å². The molecule has 1 heterocycles. The monoisotopic (exact) mass is 338 g/mol. The Bertz CT molecular complexity index is 508. The zero-order valence-corrected chi connectivity index (χ0v) is 15.6. The molecule has 0 unspecified atom stereocenters. The van der Waals surface area contributed by atoms with Gasteiger partial charge < -0.3 is 19.9 Å². The molecule has 1 amide bonds. The summed E-state index contributed by atoms with van der Waals surface area (Å²) in [5, 5.41) is 5.63. The van der Waals surface area contributed by atoms with E-state index < -0.39 is 5.60 Å². The molecule has 1 N–H and O–H groups in total. The van der Waals surface area contributed by atoms with Crippen molar-refractivity contribution in [3.8, 4) is 0 Å². The van der Waals surface area contributed by atoms with Gasteiger partial charge in [0, 0.05) is 38.4 Å². The molecule has 0 aromatic carbocycles. The van der Waals surface area contributed by atoms with Gasteiger partial charge in [0.05, 0.1) is 0 Å². The van der Waals surface area contributed by atoms with Gasteiger partial charge in [0.15, 0.2) is 5.82 Å². The van der Waals surface area contributed by atoms with E-state index in [0.717, 1.165) is 18.7 Å². The Morgan fingerprint density at radius 1 is 1.33 bits per heavy atom. The van der Waals surface area contributed by atoms with Crippen LogP contribution in [-0.4, -0.2) is 54.2 Å². The maximum atomic E-state index is 12.3. The molecule has 0 radical (unpaired) electrons. The first-order valence-electron chi connectivity index (χ1n) is 8.36. The molecule has 1 aliphatic rings. The molecule has 0 aromatic rings. The molecule has 0 aromatic heterocycles. The van der Waals surface area contributed by atoms with E-state index in [9.17, 15) is 9.70 Å². The lowest BCUT2D eigenvalue weighted by Crippen LogP contribution is -2.54. The quantitative estimate of drug-likeness (QED) is 0.616. The van der Waals surface area contributed by atoms with Gasteiger partial charge >= 0.3 is 6.09 Å². The third kappa shape index (κ3) is 5.86. The van der Waals surface area contributed by atoms with Gasteiger partial charge in [0.2, 0.25) is 0 Å². The average molecular weight is 338 g/mol. The topological polar surface area (TPSA) is 74.2 Å². The summed E-state index contributed by atoms with van der Waals surface area (Å²) in [5.41, 5.74) is 0.559. The van der Waals surface area contributed by atoms with Crippen LogP contribution in [0.1, 0.15) is 41.0 Å². The second kappa shape index (κ2) is 8.70. The summed E-state index contributed by atoms with van der Waals surface area (Å²) in [5.74, 6) is 0.287. The number of carbonyl (C=O) groups is 1. The first-order chi connectivity index (χ1) is 11.2. The van der Waals surface area contributed by atoms with Gasteiger partial charge in [-0.3, -0.25) is 0 Å². The minimum Gasteiger partial charge on any atom is -0.444 e. The number of nitrogens with zero attached hydrogens (tertiary/aromatic N) is 3. The van der Waals surface area contributed by atoms with E-state index in [2.05, 4.69) is 22.3 Å². The first-order valence-corrected chi connectivity index (χ1v) is 8.36. The van der Waals surface area contributed by atoms with Crippen molar-refractivity contribution in [3.63, 3.8) is 0 Å². The number of rotatable bonds is 5. The van der Waals surface area contributed by atoms with Crippen LogP contribution in [0.15, 0.2) is 28.8 Å².